The van der Waals surface area contributed by atoms with E-state index >= 15 is 0 Å². The van der Waals surface area contributed by atoms with Gasteiger partial charge in [0.2, 0.25) is 0 Å². The van der Waals surface area contributed by atoms with Gasteiger partial charge in [-0.2, -0.15) is 0 Å². The van der Waals surface area contributed by atoms with Crippen LogP contribution in [-0.4, -0.2) is 72.3 Å². The zero-order chi connectivity index (χ0) is 27.8. The molecule has 8 N–H and O–H groups in total. The molecule has 234 valence electrons. The molecule has 5 aliphatic heterocycles. The first-order valence-corrected chi connectivity index (χ1v) is 19.2. The summed E-state index contributed by atoms with van der Waals surface area (Å²) >= 11 is 1.45. The van der Waals surface area contributed by atoms with E-state index < -0.39 is 0 Å². The molecule has 9 rings (SSSR count). The number of nitrogens with one attached hydrogen (secondary N) is 8. The summed E-state index contributed by atoms with van der Waals surface area (Å²) in [6.45, 7) is 0. The Morgan fingerprint density at radius 1 is 0.333 bits per heavy atom. The normalized spacial score (nSPS) is 57.2. The van der Waals surface area contributed by atoms with Crippen LogP contribution in [0.5, 0.6) is 0 Å². The molecule has 5 heterocycles. The molecule has 0 spiro atoms. The summed E-state index contributed by atoms with van der Waals surface area (Å²) in [5.74, 6) is 5.43. The van der Waals surface area contributed by atoms with Crippen molar-refractivity contribution < 1.29 is 3.76 Å². The van der Waals surface area contributed by atoms with Gasteiger partial charge in [-0.3, -0.25) is 0 Å². The van der Waals surface area contributed by atoms with E-state index in [4.69, 9.17) is 3.76 Å². The summed E-state index contributed by atoms with van der Waals surface area (Å²) in [7, 11) is 0. The Morgan fingerprint density at radius 2 is 0.619 bits per heavy atom. The maximum atomic E-state index is 6.28. The Kier molecular flexibility index (Phi) is 7.96. The first-order chi connectivity index (χ1) is 20.7. The molecular formula is C32H56GeN8O. The summed E-state index contributed by atoms with van der Waals surface area (Å²) in [4.78, 5) is 0. The number of hydrogen-bond donors (Lipinski definition) is 8. The van der Waals surface area contributed by atoms with Crippen molar-refractivity contribution in [3.05, 3.63) is 0 Å². The fraction of sp³-hybridized carbons (Fsp3) is 1.00. The first kappa shape index (κ1) is 28.4. The van der Waals surface area contributed by atoms with Crippen molar-refractivity contribution >= 4 is 16.9 Å². The molecule has 2 radical (unpaired) electrons. The summed E-state index contributed by atoms with van der Waals surface area (Å²) in [5.41, 5.74) is 0. The van der Waals surface area contributed by atoms with Crippen molar-refractivity contribution in [1.82, 2.24) is 42.5 Å². The quantitative estimate of drug-likeness (QED) is 0.202. The second-order valence-corrected chi connectivity index (χ2v) is 16.4. The minimum atomic E-state index is 0.287. The van der Waals surface area contributed by atoms with Crippen molar-refractivity contribution in [3.63, 3.8) is 0 Å². The third-order valence-electron chi connectivity index (χ3n) is 14.0. The predicted octanol–water partition coefficient (Wildman–Crippen LogP) is 1.42. The van der Waals surface area contributed by atoms with Crippen LogP contribution in [0.3, 0.4) is 0 Å². The molecule has 0 aromatic rings. The first-order valence-electron chi connectivity index (χ1n) is 18.2. The van der Waals surface area contributed by atoms with Crippen molar-refractivity contribution in [2.45, 2.75) is 152 Å². The second-order valence-electron chi connectivity index (χ2n) is 15.8. The SMILES string of the molecule is [GeH][O]C1CCCC2C3NC4NC(NC5NC(NC6NC(NC(N3)C12)C1CCCCC61)C1CCCCC51)C1CCCCC41. The Balaban J connectivity index is 1.06. The molecule has 8 bridgehead atoms. The van der Waals surface area contributed by atoms with Gasteiger partial charge in [-0.05, 0) is 6.42 Å². The van der Waals surface area contributed by atoms with Crippen LogP contribution in [0.15, 0.2) is 0 Å². The minimum absolute atomic E-state index is 0.287. The molecule has 0 aromatic heterocycles. The maximum absolute atomic E-state index is 6.28. The van der Waals surface area contributed by atoms with Gasteiger partial charge in [0.05, 0.1) is 0 Å². The van der Waals surface area contributed by atoms with Crippen LogP contribution in [0.2, 0.25) is 0 Å². The van der Waals surface area contributed by atoms with Gasteiger partial charge in [0.1, 0.15) is 0 Å². The zero-order valence-corrected chi connectivity index (χ0v) is 27.8. The average molecular weight is 641 g/mol. The van der Waals surface area contributed by atoms with Crippen molar-refractivity contribution in [3.8, 4) is 0 Å². The van der Waals surface area contributed by atoms with Gasteiger partial charge >= 0.3 is 243 Å². The molecule has 4 saturated carbocycles. The van der Waals surface area contributed by atoms with E-state index in [2.05, 4.69) is 42.5 Å². The molecule has 9 aliphatic rings. The molecule has 17 atom stereocenters. The number of rotatable bonds is 1. The van der Waals surface area contributed by atoms with Gasteiger partial charge in [0.25, 0.3) is 0 Å². The van der Waals surface area contributed by atoms with Gasteiger partial charge in [-0.15, -0.1) is 0 Å². The predicted molar refractivity (Wildman–Crippen MR) is 165 cm³/mol. The van der Waals surface area contributed by atoms with E-state index in [1.165, 1.54) is 113 Å². The van der Waals surface area contributed by atoms with Crippen LogP contribution in [0, 0.1) is 47.3 Å². The molecule has 0 amide bonds. The molecule has 17 unspecified atom stereocenters. The Bertz CT molecular complexity index is 975. The summed E-state index contributed by atoms with van der Waals surface area (Å²) in [6, 6.07) is 0. The third kappa shape index (κ3) is 4.82. The van der Waals surface area contributed by atoms with E-state index in [0.717, 1.165) is 17.8 Å². The van der Waals surface area contributed by atoms with Gasteiger partial charge < -0.3 is 0 Å². The van der Waals surface area contributed by atoms with Crippen molar-refractivity contribution in [1.29, 1.82) is 0 Å². The van der Waals surface area contributed by atoms with Crippen LogP contribution < -0.4 is 42.5 Å². The van der Waals surface area contributed by atoms with E-state index in [-0.39, 0.29) is 6.17 Å². The standard InChI is InChI=1S/C32H56GeN8O/c33-42-23-15-7-14-22-24(23)32-40-30-21-13-6-5-12-20(21)28(38-30)36-26-17-9-2-1-8-16(17)25(34-26)35-27-18-10-3-4-11-19(18)29(37-27)39-31(22)41-32/h16-41H,1-15H2. The van der Waals surface area contributed by atoms with Crippen molar-refractivity contribution in [2.24, 2.45) is 47.3 Å². The third-order valence-corrected chi connectivity index (χ3v) is 14.7. The molecule has 42 heavy (non-hydrogen) atoms. The number of hydrogen-bond acceptors (Lipinski definition) is 9. The van der Waals surface area contributed by atoms with Crippen LogP contribution in [0.4, 0.5) is 0 Å². The van der Waals surface area contributed by atoms with E-state index in [1.807, 2.05) is 0 Å². The molecule has 4 aliphatic carbocycles. The molecule has 9 fully saturated rings. The van der Waals surface area contributed by atoms with E-state index in [0.29, 0.717) is 78.9 Å². The van der Waals surface area contributed by atoms with Gasteiger partial charge in [-0.1, -0.05) is 12.8 Å². The average Bonchev–Trinajstić information content (AvgIpc) is 3.76. The summed E-state index contributed by atoms with van der Waals surface area (Å²) < 4.78 is 6.28. The molecule has 5 saturated heterocycles. The van der Waals surface area contributed by atoms with Crippen LogP contribution in [-0.2, 0) is 3.76 Å². The summed E-state index contributed by atoms with van der Waals surface area (Å²) in [6.07, 6.45) is 23.5. The Hall–Kier alpha value is 0.183. The van der Waals surface area contributed by atoms with E-state index in [1.54, 1.807) is 0 Å². The Morgan fingerprint density at radius 3 is 0.952 bits per heavy atom. The van der Waals surface area contributed by atoms with Crippen LogP contribution in [0.25, 0.3) is 0 Å². The van der Waals surface area contributed by atoms with Gasteiger partial charge in [0.15, 0.2) is 0 Å². The van der Waals surface area contributed by atoms with Crippen molar-refractivity contribution in [2.75, 3.05) is 0 Å². The summed E-state index contributed by atoms with van der Waals surface area (Å²) in [5, 5.41) is 33.8. The molecular weight excluding hydrogens is 585 g/mol. The molecule has 10 heteroatoms. The van der Waals surface area contributed by atoms with Crippen LogP contribution >= 0.6 is 0 Å². The fourth-order valence-electron chi connectivity index (χ4n) is 12.2. The Labute approximate surface area is 261 Å². The topological polar surface area (TPSA) is 105 Å². The second kappa shape index (κ2) is 11.8. The number of fused-ring (bicyclic) bond motifs is 20. The van der Waals surface area contributed by atoms with Crippen LogP contribution in [0.1, 0.15) is 96.3 Å². The van der Waals surface area contributed by atoms with E-state index in [9.17, 15) is 0 Å². The fourth-order valence-corrected chi connectivity index (χ4v) is 12.8. The van der Waals surface area contributed by atoms with Gasteiger partial charge in [0, 0.05) is 0 Å². The van der Waals surface area contributed by atoms with Gasteiger partial charge in [-0.25, -0.2) is 0 Å². The molecule has 9 nitrogen and oxygen atoms in total. The monoisotopic (exact) mass is 642 g/mol. The zero-order valence-electron chi connectivity index (χ0n) is 25.4. The molecule has 0 aromatic carbocycles.